The number of allylic oxidation sites excluding steroid dienone is 2. The lowest BCUT2D eigenvalue weighted by molar-refractivity contribution is -0.144. The first-order valence-electron chi connectivity index (χ1n) is 8.77. The molecule has 1 saturated carbocycles. The average molecular weight is 381 g/mol. The highest BCUT2D eigenvalue weighted by Gasteiger charge is 2.54. The van der Waals surface area contributed by atoms with E-state index in [2.05, 4.69) is 13.0 Å². The Bertz CT molecular complexity index is 785. The summed E-state index contributed by atoms with van der Waals surface area (Å²) in [5.41, 5.74) is 8.08. The van der Waals surface area contributed by atoms with Gasteiger partial charge in [0.2, 0.25) is 0 Å². The molecule has 7 heteroatoms. The number of fused-ring (bicyclic) bond motifs is 1. The number of aliphatic carboxylic acids is 1. The van der Waals surface area contributed by atoms with Crippen LogP contribution < -0.4 is 5.73 Å². The Balaban J connectivity index is 0.000000197. The number of nitrogens with two attached hydrogens (primary N) is 1. The third kappa shape index (κ3) is 4.52. The molecule has 2 aliphatic carbocycles. The lowest BCUT2D eigenvalue weighted by Gasteiger charge is -2.51. The second-order valence-electron chi connectivity index (χ2n) is 7.30. The molecule has 26 heavy (non-hydrogen) atoms. The van der Waals surface area contributed by atoms with Crippen LogP contribution in [0.15, 0.2) is 40.8 Å². The number of rotatable bonds is 5. The zero-order chi connectivity index (χ0) is 19.5. The van der Waals surface area contributed by atoms with Gasteiger partial charge in [-0.05, 0) is 62.1 Å². The molecule has 3 atom stereocenters. The second kappa shape index (κ2) is 7.90. The second-order valence-corrected chi connectivity index (χ2v) is 8.72. The minimum Gasteiger partial charge on any atom is -0.481 e. The van der Waals surface area contributed by atoms with E-state index in [1.807, 2.05) is 6.92 Å². The fraction of sp³-hybridized carbons (Fsp3) is 0.526. The van der Waals surface area contributed by atoms with Crippen LogP contribution >= 0.6 is 0 Å². The molecular weight excluding hydrogens is 354 g/mol. The molecule has 4 N–H and O–H groups in total. The largest absolute Gasteiger partial charge is 0.481 e. The van der Waals surface area contributed by atoms with Gasteiger partial charge in [-0.3, -0.25) is 9.35 Å². The molecule has 0 heterocycles. The molecule has 144 valence electrons. The first-order valence-corrected chi connectivity index (χ1v) is 10.2. The predicted molar refractivity (Wildman–Crippen MR) is 99.3 cm³/mol. The van der Waals surface area contributed by atoms with Gasteiger partial charge in [-0.2, -0.15) is 8.42 Å². The third-order valence-electron chi connectivity index (χ3n) is 5.51. The topological polar surface area (TPSA) is 118 Å². The van der Waals surface area contributed by atoms with Gasteiger partial charge in [-0.15, -0.1) is 0 Å². The highest BCUT2D eigenvalue weighted by atomic mass is 32.2. The van der Waals surface area contributed by atoms with Crippen molar-refractivity contribution < 1.29 is 22.9 Å². The molecule has 0 saturated heterocycles. The van der Waals surface area contributed by atoms with E-state index < -0.39 is 16.1 Å². The van der Waals surface area contributed by atoms with Crippen LogP contribution in [0, 0.1) is 24.2 Å². The smallest absolute Gasteiger partial charge is 0.303 e. The number of hydrogen-bond donors (Lipinski definition) is 3. The quantitative estimate of drug-likeness (QED) is 0.533. The monoisotopic (exact) mass is 381 g/mol. The van der Waals surface area contributed by atoms with Crippen molar-refractivity contribution in [1.82, 2.24) is 0 Å². The maximum atomic E-state index is 10.8. The summed E-state index contributed by atoms with van der Waals surface area (Å²) < 4.78 is 29.6. The molecule has 1 aromatic rings. The van der Waals surface area contributed by atoms with Crippen molar-refractivity contribution in [3.63, 3.8) is 0 Å². The summed E-state index contributed by atoms with van der Waals surface area (Å²) in [5.74, 6) is 0.411. The summed E-state index contributed by atoms with van der Waals surface area (Å²) in [7, 11) is -4.02. The van der Waals surface area contributed by atoms with E-state index in [1.54, 1.807) is 12.1 Å². The fourth-order valence-corrected chi connectivity index (χ4v) is 4.53. The zero-order valence-electron chi connectivity index (χ0n) is 15.2. The Morgan fingerprint density at radius 2 is 1.92 bits per heavy atom. The van der Waals surface area contributed by atoms with Crippen LogP contribution in [0.1, 0.15) is 38.2 Å². The summed E-state index contributed by atoms with van der Waals surface area (Å²) in [6, 6.07) is 5.99. The van der Waals surface area contributed by atoms with E-state index in [-0.39, 0.29) is 16.7 Å². The van der Waals surface area contributed by atoms with Gasteiger partial charge in [0.1, 0.15) is 0 Å². The average Bonchev–Trinajstić information content (AvgIpc) is 2.90. The van der Waals surface area contributed by atoms with Gasteiger partial charge in [-0.1, -0.05) is 36.3 Å². The van der Waals surface area contributed by atoms with Crippen LogP contribution in [-0.4, -0.2) is 30.6 Å². The molecule has 0 aromatic heterocycles. The lowest BCUT2D eigenvalue weighted by atomic mass is 9.53. The first kappa shape index (κ1) is 20.6. The number of carboxylic acids is 1. The Labute approximate surface area is 154 Å². The Kier molecular flexibility index (Phi) is 6.26. The summed E-state index contributed by atoms with van der Waals surface area (Å²) in [6.07, 6.45) is 5.80. The van der Waals surface area contributed by atoms with Crippen LogP contribution in [0.5, 0.6) is 0 Å². The normalized spacial score (nSPS) is 26.8. The van der Waals surface area contributed by atoms with Gasteiger partial charge in [0, 0.05) is 0 Å². The molecule has 1 aromatic carbocycles. The van der Waals surface area contributed by atoms with Crippen molar-refractivity contribution in [2.24, 2.45) is 23.0 Å². The number of carbonyl (C=O) groups is 1. The SMILES string of the molecule is CCC1=CC2C(C1)CC2(CN)CC(=O)O.Cc1ccc(S(=O)(=O)O)cc1. The van der Waals surface area contributed by atoms with Crippen molar-refractivity contribution in [3.8, 4) is 0 Å². The van der Waals surface area contributed by atoms with E-state index in [0.717, 1.165) is 18.4 Å². The van der Waals surface area contributed by atoms with E-state index in [9.17, 15) is 13.2 Å². The van der Waals surface area contributed by atoms with Gasteiger partial charge >= 0.3 is 5.97 Å². The van der Waals surface area contributed by atoms with Crippen LogP contribution in [0.4, 0.5) is 0 Å². The molecule has 2 aliphatic rings. The van der Waals surface area contributed by atoms with Crippen LogP contribution in [0.3, 0.4) is 0 Å². The Morgan fingerprint density at radius 1 is 1.31 bits per heavy atom. The summed E-state index contributed by atoms with van der Waals surface area (Å²) in [5, 5.41) is 8.91. The molecule has 0 aliphatic heterocycles. The molecule has 3 unspecified atom stereocenters. The van der Waals surface area contributed by atoms with Gasteiger partial charge in [0.05, 0.1) is 11.3 Å². The van der Waals surface area contributed by atoms with Gasteiger partial charge in [0.15, 0.2) is 0 Å². The summed E-state index contributed by atoms with van der Waals surface area (Å²) in [6.45, 7) is 4.51. The van der Waals surface area contributed by atoms with E-state index in [4.69, 9.17) is 15.4 Å². The number of benzene rings is 1. The van der Waals surface area contributed by atoms with Crippen molar-refractivity contribution in [3.05, 3.63) is 41.5 Å². The number of aryl methyl sites for hydroxylation is 1. The molecule has 0 spiro atoms. The van der Waals surface area contributed by atoms with Crippen LogP contribution in [0.2, 0.25) is 0 Å². The highest BCUT2D eigenvalue weighted by molar-refractivity contribution is 7.85. The molecular formula is C19H27NO5S. The van der Waals surface area contributed by atoms with E-state index in [0.29, 0.717) is 18.4 Å². The van der Waals surface area contributed by atoms with Crippen molar-refractivity contribution in [1.29, 1.82) is 0 Å². The van der Waals surface area contributed by atoms with Crippen molar-refractivity contribution in [2.45, 2.75) is 44.4 Å². The molecule has 1 fully saturated rings. The predicted octanol–water partition coefficient (Wildman–Crippen LogP) is 3.02. The van der Waals surface area contributed by atoms with Crippen molar-refractivity contribution in [2.75, 3.05) is 6.54 Å². The minimum absolute atomic E-state index is 0.0666. The standard InChI is InChI=1S/C12H19NO2.C7H8O3S/c1-2-8-3-9-5-12(7-13,6-11(14)15)10(9)4-8;1-6-2-4-7(5-3-6)11(8,9)10/h4,9-10H,2-3,5-7,13H2,1H3,(H,14,15);2-5H,1H3,(H,8,9,10). The fourth-order valence-electron chi connectivity index (χ4n) is 4.05. The van der Waals surface area contributed by atoms with E-state index in [1.165, 1.54) is 24.1 Å². The van der Waals surface area contributed by atoms with Gasteiger partial charge in [0.25, 0.3) is 10.1 Å². The summed E-state index contributed by atoms with van der Waals surface area (Å²) >= 11 is 0. The molecule has 6 nitrogen and oxygen atoms in total. The number of carboxylic acid groups (broad SMARTS) is 1. The molecule has 0 amide bonds. The minimum atomic E-state index is -4.02. The molecule has 0 bridgehead atoms. The van der Waals surface area contributed by atoms with Crippen LogP contribution in [0.25, 0.3) is 0 Å². The van der Waals surface area contributed by atoms with Gasteiger partial charge < -0.3 is 10.8 Å². The maximum Gasteiger partial charge on any atom is 0.303 e. The van der Waals surface area contributed by atoms with Gasteiger partial charge in [-0.25, -0.2) is 0 Å². The van der Waals surface area contributed by atoms with Crippen LogP contribution in [-0.2, 0) is 14.9 Å². The molecule has 3 rings (SSSR count). The first-order chi connectivity index (χ1) is 12.1. The Hall–Kier alpha value is -1.70. The molecule has 0 radical (unpaired) electrons. The summed E-state index contributed by atoms with van der Waals surface area (Å²) in [4.78, 5) is 10.8. The maximum absolute atomic E-state index is 10.8. The zero-order valence-corrected chi connectivity index (χ0v) is 16.0. The number of hydrogen-bond acceptors (Lipinski definition) is 4. The van der Waals surface area contributed by atoms with E-state index >= 15 is 0 Å². The Morgan fingerprint density at radius 3 is 2.38 bits per heavy atom. The lowest BCUT2D eigenvalue weighted by Crippen LogP contribution is -2.51. The van der Waals surface area contributed by atoms with Crippen molar-refractivity contribution >= 4 is 16.1 Å². The highest BCUT2D eigenvalue weighted by Crippen LogP contribution is 2.59. The third-order valence-corrected chi connectivity index (χ3v) is 6.37.